The highest BCUT2D eigenvalue weighted by atomic mass is 35.5. The van der Waals surface area contributed by atoms with Crippen LogP contribution in [0.4, 0.5) is 10.1 Å². The lowest BCUT2D eigenvalue weighted by Crippen LogP contribution is -2.27. The monoisotopic (exact) mass is 370 g/mol. The van der Waals surface area contributed by atoms with Crippen LogP contribution in [-0.2, 0) is 10.0 Å². The molecule has 0 heterocycles. The maximum atomic E-state index is 12.9. The molecule has 0 aromatic heterocycles. The van der Waals surface area contributed by atoms with Gasteiger partial charge in [0.2, 0.25) is 10.0 Å². The Hall–Kier alpha value is -2.12. The van der Waals surface area contributed by atoms with Crippen LogP contribution in [0.1, 0.15) is 28.9 Å². The van der Waals surface area contributed by atoms with E-state index in [0.29, 0.717) is 0 Å². The van der Waals surface area contributed by atoms with Gasteiger partial charge in [-0.3, -0.25) is 9.52 Å². The molecular formula is C16H16ClFN2O3S. The summed E-state index contributed by atoms with van der Waals surface area (Å²) in [5.41, 5.74) is 1.10. The van der Waals surface area contributed by atoms with Crippen LogP contribution in [0, 0.1) is 5.82 Å². The van der Waals surface area contributed by atoms with E-state index >= 15 is 0 Å². The first kappa shape index (κ1) is 18.2. The zero-order chi connectivity index (χ0) is 17.9. The van der Waals surface area contributed by atoms with Gasteiger partial charge in [-0.15, -0.1) is 0 Å². The van der Waals surface area contributed by atoms with Gasteiger partial charge in [-0.2, -0.15) is 0 Å². The molecule has 1 amide bonds. The van der Waals surface area contributed by atoms with E-state index in [9.17, 15) is 17.6 Å². The number of carbonyl (C=O) groups is 1. The highest BCUT2D eigenvalue weighted by Crippen LogP contribution is 2.22. The molecular weight excluding hydrogens is 355 g/mol. The number of carbonyl (C=O) groups excluding carboxylic acids is 1. The molecule has 128 valence electrons. The smallest absolute Gasteiger partial charge is 0.253 e. The minimum Gasteiger partial charge on any atom is -0.345 e. The third-order valence-electron chi connectivity index (χ3n) is 3.23. The predicted octanol–water partition coefficient (Wildman–Crippen LogP) is 3.34. The Labute approximate surface area is 144 Å². The number of halogens is 2. The quantitative estimate of drug-likeness (QED) is 0.847. The Kier molecular flexibility index (Phi) is 5.46. The summed E-state index contributed by atoms with van der Waals surface area (Å²) >= 11 is 6.02. The van der Waals surface area contributed by atoms with Crippen molar-refractivity contribution in [3.05, 3.63) is 64.4 Å². The number of anilines is 1. The third kappa shape index (κ3) is 4.94. The molecule has 0 fully saturated rings. The molecule has 0 bridgehead atoms. The van der Waals surface area contributed by atoms with Crippen molar-refractivity contribution in [3.63, 3.8) is 0 Å². The fourth-order valence-corrected chi connectivity index (χ4v) is 2.84. The molecule has 0 saturated heterocycles. The van der Waals surface area contributed by atoms with Crippen molar-refractivity contribution in [2.75, 3.05) is 11.0 Å². The molecule has 2 N–H and O–H groups in total. The molecule has 2 rings (SSSR count). The summed E-state index contributed by atoms with van der Waals surface area (Å²) in [5.74, 6) is -0.825. The predicted molar refractivity (Wildman–Crippen MR) is 92.2 cm³/mol. The first-order valence-corrected chi connectivity index (χ1v) is 9.26. The molecule has 1 atom stereocenters. The van der Waals surface area contributed by atoms with E-state index in [-0.39, 0.29) is 28.1 Å². The largest absolute Gasteiger partial charge is 0.345 e. The number of nitrogens with one attached hydrogen (secondary N) is 2. The lowest BCUT2D eigenvalue weighted by atomic mass is 10.1. The molecule has 0 radical (unpaired) electrons. The number of benzene rings is 2. The minimum absolute atomic E-state index is 0.138. The maximum Gasteiger partial charge on any atom is 0.253 e. The molecule has 0 aliphatic heterocycles. The molecule has 5 nitrogen and oxygen atoms in total. The Morgan fingerprint density at radius 2 is 1.79 bits per heavy atom. The van der Waals surface area contributed by atoms with Crippen LogP contribution in [0.25, 0.3) is 0 Å². The zero-order valence-electron chi connectivity index (χ0n) is 13.0. The summed E-state index contributed by atoms with van der Waals surface area (Å²) in [7, 11) is -3.46. The van der Waals surface area contributed by atoms with Crippen LogP contribution in [0.15, 0.2) is 42.5 Å². The number of amides is 1. The summed E-state index contributed by atoms with van der Waals surface area (Å²) < 4.78 is 37.8. The van der Waals surface area contributed by atoms with Crippen LogP contribution in [0.5, 0.6) is 0 Å². The lowest BCUT2D eigenvalue weighted by Gasteiger charge is -2.15. The van der Waals surface area contributed by atoms with Gasteiger partial charge in [-0.25, -0.2) is 12.8 Å². The number of hydrogen-bond donors (Lipinski definition) is 2. The summed E-state index contributed by atoms with van der Waals surface area (Å²) in [4.78, 5) is 12.4. The van der Waals surface area contributed by atoms with Gasteiger partial charge in [0.1, 0.15) is 5.82 Å². The van der Waals surface area contributed by atoms with Crippen LogP contribution in [0.3, 0.4) is 0 Å². The van der Waals surface area contributed by atoms with E-state index in [2.05, 4.69) is 10.0 Å². The van der Waals surface area contributed by atoms with Gasteiger partial charge in [0.15, 0.2) is 0 Å². The second-order valence-corrected chi connectivity index (χ2v) is 7.47. The Bertz CT molecular complexity index is 854. The van der Waals surface area contributed by atoms with Gasteiger partial charge in [-0.05, 0) is 42.8 Å². The second-order valence-electron chi connectivity index (χ2n) is 5.32. The van der Waals surface area contributed by atoms with Crippen molar-refractivity contribution in [2.45, 2.75) is 13.0 Å². The first-order chi connectivity index (χ1) is 11.2. The minimum atomic E-state index is -3.46. The van der Waals surface area contributed by atoms with E-state index in [0.717, 1.165) is 11.8 Å². The first-order valence-electron chi connectivity index (χ1n) is 6.99. The van der Waals surface area contributed by atoms with Gasteiger partial charge >= 0.3 is 0 Å². The highest BCUT2D eigenvalue weighted by Gasteiger charge is 2.16. The van der Waals surface area contributed by atoms with Gasteiger partial charge in [0, 0.05) is 5.69 Å². The van der Waals surface area contributed by atoms with Crippen molar-refractivity contribution in [1.82, 2.24) is 5.32 Å². The average molecular weight is 371 g/mol. The van der Waals surface area contributed by atoms with Crippen LogP contribution in [0.2, 0.25) is 5.02 Å². The molecule has 0 aliphatic carbocycles. The van der Waals surface area contributed by atoms with Crippen molar-refractivity contribution >= 4 is 33.2 Å². The van der Waals surface area contributed by atoms with E-state index < -0.39 is 15.9 Å². The Morgan fingerprint density at radius 1 is 1.17 bits per heavy atom. The van der Waals surface area contributed by atoms with E-state index in [4.69, 9.17) is 11.6 Å². The number of rotatable bonds is 5. The molecule has 0 unspecified atom stereocenters. The van der Waals surface area contributed by atoms with Gasteiger partial charge in [-0.1, -0.05) is 23.7 Å². The third-order valence-corrected chi connectivity index (χ3v) is 4.17. The average Bonchev–Trinajstić information content (AvgIpc) is 2.48. The van der Waals surface area contributed by atoms with E-state index in [1.807, 2.05) is 0 Å². The SMILES string of the molecule is C[C@@H](NC(=O)c1cc(NS(C)(=O)=O)ccc1Cl)c1ccc(F)cc1. The Morgan fingerprint density at radius 3 is 2.38 bits per heavy atom. The van der Waals surface area contributed by atoms with Gasteiger partial charge in [0.05, 0.1) is 22.9 Å². The molecule has 2 aromatic carbocycles. The van der Waals surface area contributed by atoms with E-state index in [1.165, 1.54) is 30.3 Å². The molecule has 0 aliphatic rings. The highest BCUT2D eigenvalue weighted by molar-refractivity contribution is 7.92. The van der Waals surface area contributed by atoms with Gasteiger partial charge in [0.25, 0.3) is 5.91 Å². The summed E-state index contributed by atoms with van der Waals surface area (Å²) in [6.07, 6.45) is 1.01. The fourth-order valence-electron chi connectivity index (χ4n) is 2.09. The van der Waals surface area contributed by atoms with E-state index in [1.54, 1.807) is 19.1 Å². The van der Waals surface area contributed by atoms with Crippen LogP contribution >= 0.6 is 11.6 Å². The fraction of sp³-hybridized carbons (Fsp3) is 0.188. The van der Waals surface area contributed by atoms with Crippen molar-refractivity contribution in [3.8, 4) is 0 Å². The molecule has 24 heavy (non-hydrogen) atoms. The molecule has 2 aromatic rings. The molecule has 0 spiro atoms. The van der Waals surface area contributed by atoms with Crippen molar-refractivity contribution in [2.24, 2.45) is 0 Å². The van der Waals surface area contributed by atoms with Crippen molar-refractivity contribution in [1.29, 1.82) is 0 Å². The molecule has 0 saturated carbocycles. The maximum absolute atomic E-state index is 12.9. The van der Waals surface area contributed by atoms with Crippen molar-refractivity contribution < 1.29 is 17.6 Å². The molecule has 8 heteroatoms. The van der Waals surface area contributed by atoms with Crippen LogP contribution < -0.4 is 10.0 Å². The second kappa shape index (κ2) is 7.19. The topological polar surface area (TPSA) is 75.3 Å². The summed E-state index contributed by atoms with van der Waals surface area (Å²) in [5, 5.41) is 2.93. The summed E-state index contributed by atoms with van der Waals surface area (Å²) in [6, 6.07) is 9.64. The van der Waals surface area contributed by atoms with Crippen LogP contribution in [-0.4, -0.2) is 20.6 Å². The lowest BCUT2D eigenvalue weighted by molar-refractivity contribution is 0.0940. The van der Waals surface area contributed by atoms with Gasteiger partial charge < -0.3 is 5.32 Å². The number of sulfonamides is 1. The number of hydrogen-bond acceptors (Lipinski definition) is 3. The normalized spacial score (nSPS) is 12.5. The summed E-state index contributed by atoms with van der Waals surface area (Å²) in [6.45, 7) is 1.75. The Balaban J connectivity index is 2.19. The zero-order valence-corrected chi connectivity index (χ0v) is 14.6. The standard InChI is InChI=1S/C16H16ClFN2O3S/c1-10(11-3-5-12(18)6-4-11)19-16(21)14-9-13(7-8-15(14)17)20-24(2,22)23/h3-10,20H,1-2H3,(H,19,21)/t10-/m1/s1.